The third-order valence-electron chi connectivity index (χ3n) is 10.9. The van der Waals surface area contributed by atoms with Crippen LogP contribution in [0.15, 0.2) is 22.8 Å². The van der Waals surface area contributed by atoms with Gasteiger partial charge in [-0.1, -0.05) is 64.2 Å². The van der Waals surface area contributed by atoms with Crippen LogP contribution in [0.25, 0.3) is 0 Å². The molecule has 2 fully saturated rings. The number of fused-ring (bicyclic) bond motifs is 1. The smallest absolute Gasteiger partial charge is 0.306 e. The van der Waals surface area contributed by atoms with Crippen LogP contribution in [0.1, 0.15) is 138 Å². The molecule has 0 aromatic carbocycles. The minimum Gasteiger partial charge on any atom is -0.460 e. The number of carbonyl (C=O) groups is 1. The number of allylic oxidation sites excluding steroid dienone is 1. The summed E-state index contributed by atoms with van der Waals surface area (Å²) >= 11 is 0. The first-order valence-corrected chi connectivity index (χ1v) is 18.3. The van der Waals surface area contributed by atoms with Crippen molar-refractivity contribution in [1.29, 1.82) is 0 Å². The molecule has 1 N–H and O–H groups in total. The third kappa shape index (κ3) is 7.33. The van der Waals surface area contributed by atoms with Gasteiger partial charge in [0.05, 0.1) is 11.4 Å². The maximum absolute atomic E-state index is 14.2. The molecule has 0 amide bonds. The SMILES string of the molecule is CC(C)CCC[C@@H](C)[C@H]1CC[C@H]2/C(=C/[C@H]3C4=C(CC[C@H](O)C4)[C@@H](CCCC(=O)OC(C)(C)C)S3(=O)=O)CCC[C@]12C. The number of rotatable bonds is 10. The fraction of sp³-hybridized carbons (Fsp3) is 0.857. The van der Waals surface area contributed by atoms with Crippen molar-refractivity contribution in [2.75, 3.05) is 0 Å². The molecular formula is C35H58O5S. The van der Waals surface area contributed by atoms with E-state index in [1.165, 1.54) is 44.1 Å². The lowest BCUT2D eigenvalue weighted by Crippen LogP contribution is -2.36. The Labute approximate surface area is 250 Å². The highest BCUT2D eigenvalue weighted by molar-refractivity contribution is 7.93. The largest absolute Gasteiger partial charge is 0.460 e. The van der Waals surface area contributed by atoms with Crippen LogP contribution in [-0.2, 0) is 19.4 Å². The van der Waals surface area contributed by atoms with Gasteiger partial charge in [0.2, 0.25) is 0 Å². The summed E-state index contributed by atoms with van der Waals surface area (Å²) in [5.74, 6) is 2.36. The standard InChI is InChI=1S/C35H58O5S/c1-23(2)11-8-12-24(3)29-18-19-30-25(13-10-20-35(29,30)7)21-32-28-22-26(36)16-17-27(28)31(41(32,38)39)14-9-15-33(37)40-34(4,5)6/h21,23-24,26,29-32,36H,8-20,22H2,1-7H3/b25-21+/t24-,26+,29-,30+,31-,32+,35-/m1/s1. The number of aliphatic hydroxyl groups is 1. The Hall–Kier alpha value is -1.14. The van der Waals surface area contributed by atoms with Crippen molar-refractivity contribution >= 4 is 15.8 Å². The van der Waals surface area contributed by atoms with Crippen LogP contribution in [0.2, 0.25) is 0 Å². The van der Waals surface area contributed by atoms with Crippen LogP contribution < -0.4 is 0 Å². The van der Waals surface area contributed by atoms with E-state index in [1.54, 1.807) is 0 Å². The van der Waals surface area contributed by atoms with Gasteiger partial charge in [-0.2, -0.15) is 0 Å². The van der Waals surface area contributed by atoms with E-state index in [0.717, 1.165) is 29.9 Å². The van der Waals surface area contributed by atoms with E-state index in [4.69, 9.17) is 4.74 Å². The monoisotopic (exact) mass is 590 g/mol. The molecule has 3 aliphatic carbocycles. The Morgan fingerprint density at radius 3 is 2.49 bits per heavy atom. The molecule has 0 saturated heterocycles. The molecule has 4 aliphatic rings. The summed E-state index contributed by atoms with van der Waals surface area (Å²) in [6, 6.07) is 0. The topological polar surface area (TPSA) is 80.7 Å². The first-order chi connectivity index (χ1) is 19.1. The van der Waals surface area contributed by atoms with Gasteiger partial charge in [0.15, 0.2) is 9.84 Å². The highest BCUT2D eigenvalue weighted by Crippen LogP contribution is 2.60. The number of hydrogen-bond donors (Lipinski definition) is 1. The zero-order valence-corrected chi connectivity index (χ0v) is 27.8. The summed E-state index contributed by atoms with van der Waals surface area (Å²) in [6.45, 7) is 15.1. The number of hydrogen-bond acceptors (Lipinski definition) is 5. The van der Waals surface area contributed by atoms with Crippen molar-refractivity contribution in [3.05, 3.63) is 22.8 Å². The lowest BCUT2D eigenvalue weighted by atomic mass is 9.60. The molecule has 1 aliphatic heterocycles. The number of aliphatic hydroxyl groups excluding tert-OH is 1. The van der Waals surface area contributed by atoms with E-state index in [1.807, 2.05) is 20.8 Å². The summed E-state index contributed by atoms with van der Waals surface area (Å²) in [5, 5.41) is 9.42. The molecule has 0 unspecified atom stereocenters. The first kappa shape index (κ1) is 32.8. The number of sulfone groups is 1. The summed E-state index contributed by atoms with van der Waals surface area (Å²) in [6.07, 6.45) is 14.3. The van der Waals surface area contributed by atoms with Crippen molar-refractivity contribution in [2.24, 2.45) is 29.1 Å². The zero-order valence-electron chi connectivity index (χ0n) is 27.0. The average molecular weight is 591 g/mol. The molecule has 0 spiro atoms. The quantitative estimate of drug-likeness (QED) is 0.205. The van der Waals surface area contributed by atoms with Crippen molar-refractivity contribution < 1.29 is 23.1 Å². The van der Waals surface area contributed by atoms with Gasteiger partial charge < -0.3 is 9.84 Å². The van der Waals surface area contributed by atoms with Crippen LogP contribution >= 0.6 is 0 Å². The fourth-order valence-electron chi connectivity index (χ4n) is 9.03. The van der Waals surface area contributed by atoms with Gasteiger partial charge in [0, 0.05) is 6.42 Å². The number of esters is 1. The van der Waals surface area contributed by atoms with E-state index in [-0.39, 0.29) is 17.8 Å². The van der Waals surface area contributed by atoms with Crippen molar-refractivity contribution in [3.8, 4) is 0 Å². The predicted octanol–water partition coefficient (Wildman–Crippen LogP) is 8.11. The lowest BCUT2D eigenvalue weighted by Gasteiger charge is -2.44. The van der Waals surface area contributed by atoms with Crippen LogP contribution in [-0.4, -0.2) is 41.7 Å². The Morgan fingerprint density at radius 2 is 1.80 bits per heavy atom. The van der Waals surface area contributed by atoms with Gasteiger partial charge in [-0.3, -0.25) is 4.79 Å². The van der Waals surface area contributed by atoms with Crippen LogP contribution in [0.5, 0.6) is 0 Å². The third-order valence-corrected chi connectivity index (χ3v) is 13.3. The summed E-state index contributed by atoms with van der Waals surface area (Å²) < 4.78 is 33.8. The van der Waals surface area contributed by atoms with Crippen molar-refractivity contribution in [1.82, 2.24) is 0 Å². The van der Waals surface area contributed by atoms with Gasteiger partial charge >= 0.3 is 5.97 Å². The minimum atomic E-state index is -3.48. The highest BCUT2D eigenvalue weighted by Gasteiger charge is 2.52. The second-order valence-electron chi connectivity index (χ2n) is 15.6. The summed E-state index contributed by atoms with van der Waals surface area (Å²) in [4.78, 5) is 12.3. The van der Waals surface area contributed by atoms with Gasteiger partial charge in [0.25, 0.3) is 0 Å². The van der Waals surface area contributed by atoms with E-state index < -0.39 is 32.0 Å². The molecular weight excluding hydrogens is 532 g/mol. The Balaban J connectivity index is 1.53. The highest BCUT2D eigenvalue weighted by atomic mass is 32.2. The van der Waals surface area contributed by atoms with Gasteiger partial charge in [-0.05, 0) is 120 Å². The molecule has 234 valence electrons. The van der Waals surface area contributed by atoms with Crippen molar-refractivity contribution in [3.63, 3.8) is 0 Å². The van der Waals surface area contributed by atoms with Gasteiger partial charge in [0.1, 0.15) is 10.9 Å². The van der Waals surface area contributed by atoms with E-state index in [9.17, 15) is 18.3 Å². The zero-order chi connectivity index (χ0) is 30.2. The molecule has 0 aromatic heterocycles. The summed E-state index contributed by atoms with van der Waals surface area (Å²) in [7, 11) is -3.48. The Bertz CT molecular complexity index is 1110. The van der Waals surface area contributed by atoms with Crippen LogP contribution in [0, 0.1) is 29.1 Å². The van der Waals surface area contributed by atoms with Gasteiger partial charge in [-0.25, -0.2) is 8.42 Å². The van der Waals surface area contributed by atoms with Crippen molar-refractivity contribution in [2.45, 2.75) is 161 Å². The molecule has 7 atom stereocenters. The molecule has 2 saturated carbocycles. The lowest BCUT2D eigenvalue weighted by molar-refractivity contribution is -0.154. The van der Waals surface area contributed by atoms with Gasteiger partial charge in [-0.15, -0.1) is 0 Å². The second kappa shape index (κ2) is 12.8. The molecule has 6 heteroatoms. The maximum Gasteiger partial charge on any atom is 0.306 e. The molecule has 0 aromatic rings. The second-order valence-corrected chi connectivity index (χ2v) is 17.8. The predicted molar refractivity (Wildman–Crippen MR) is 167 cm³/mol. The normalized spacial score (nSPS) is 35.0. The molecule has 0 bridgehead atoms. The van der Waals surface area contributed by atoms with E-state index >= 15 is 0 Å². The maximum atomic E-state index is 14.2. The average Bonchev–Trinajstić information content (AvgIpc) is 3.30. The molecule has 1 heterocycles. The fourth-order valence-corrected chi connectivity index (χ4v) is 11.5. The molecule has 41 heavy (non-hydrogen) atoms. The molecule has 5 nitrogen and oxygen atoms in total. The first-order valence-electron chi connectivity index (χ1n) is 16.7. The van der Waals surface area contributed by atoms with Crippen LogP contribution in [0.3, 0.4) is 0 Å². The Kier molecular flexibility index (Phi) is 10.3. The summed E-state index contributed by atoms with van der Waals surface area (Å²) in [5.41, 5.74) is 3.07. The molecule has 0 radical (unpaired) electrons. The molecule has 4 rings (SSSR count). The minimum absolute atomic E-state index is 0.234. The Morgan fingerprint density at radius 1 is 1.07 bits per heavy atom. The van der Waals surface area contributed by atoms with Crippen LogP contribution in [0.4, 0.5) is 0 Å². The van der Waals surface area contributed by atoms with E-state index in [2.05, 4.69) is 33.8 Å². The number of carbonyl (C=O) groups excluding carboxylic acids is 1. The number of ether oxygens (including phenoxy) is 1. The van der Waals surface area contributed by atoms with E-state index in [0.29, 0.717) is 49.9 Å².